The van der Waals surface area contributed by atoms with Crippen LogP contribution in [0.25, 0.3) is 0 Å². The van der Waals surface area contributed by atoms with E-state index in [1.807, 2.05) is 19.1 Å². The van der Waals surface area contributed by atoms with Gasteiger partial charge in [0.25, 0.3) is 0 Å². The van der Waals surface area contributed by atoms with Crippen molar-refractivity contribution in [1.82, 2.24) is 4.90 Å². The Balaban J connectivity index is 2.54. The van der Waals surface area contributed by atoms with E-state index >= 15 is 0 Å². The number of hydrogen-bond donors (Lipinski definition) is 0. The summed E-state index contributed by atoms with van der Waals surface area (Å²) in [6, 6.07) is 3.69. The van der Waals surface area contributed by atoms with Gasteiger partial charge in [-0.2, -0.15) is 0 Å². The maximum atomic E-state index is 11.3. The summed E-state index contributed by atoms with van der Waals surface area (Å²) in [5, 5.41) is 0.363. The Labute approximate surface area is 85.8 Å². The second-order valence-corrected chi connectivity index (χ2v) is 3.18. The molecule has 1 amide bonds. The Morgan fingerprint density at radius 2 is 2.46 bits per heavy atom. The van der Waals surface area contributed by atoms with E-state index in [1.54, 1.807) is 11.2 Å². The van der Waals surface area contributed by atoms with Crippen molar-refractivity contribution in [3.8, 4) is 0 Å². The molecule has 3 nitrogen and oxygen atoms in total. The first kappa shape index (κ1) is 10.3. The van der Waals surface area contributed by atoms with E-state index in [1.165, 1.54) is 0 Å². The van der Waals surface area contributed by atoms with Gasteiger partial charge in [-0.25, -0.2) is 0 Å². The maximum absolute atomic E-state index is 11.3. The quantitative estimate of drug-likeness (QED) is 0.761. The Morgan fingerprint density at radius 3 is 2.92 bits per heavy atom. The molecule has 0 aliphatic heterocycles. The van der Waals surface area contributed by atoms with Gasteiger partial charge in [-0.05, 0) is 19.1 Å². The van der Waals surface area contributed by atoms with Crippen molar-refractivity contribution < 1.29 is 9.21 Å². The molecule has 0 atom stereocenters. The highest BCUT2D eigenvalue weighted by Crippen LogP contribution is 2.05. The first-order chi connectivity index (χ1) is 6.27. The van der Waals surface area contributed by atoms with E-state index < -0.39 is 0 Å². The van der Waals surface area contributed by atoms with Crippen LogP contribution in [-0.4, -0.2) is 22.7 Å². The third kappa shape index (κ3) is 2.88. The molecular formula is C9H12BrNO2. The van der Waals surface area contributed by atoms with E-state index in [2.05, 4.69) is 15.9 Å². The van der Waals surface area contributed by atoms with Crippen LogP contribution in [0.3, 0.4) is 0 Å². The van der Waals surface area contributed by atoms with Crippen molar-refractivity contribution in [2.24, 2.45) is 0 Å². The monoisotopic (exact) mass is 245 g/mol. The molecule has 0 aromatic carbocycles. The Bertz CT molecular complexity index is 259. The van der Waals surface area contributed by atoms with Gasteiger partial charge < -0.3 is 9.32 Å². The molecule has 1 aromatic heterocycles. The molecule has 0 N–H and O–H groups in total. The fourth-order valence-corrected chi connectivity index (χ4v) is 1.41. The Hall–Kier alpha value is -0.770. The molecular weight excluding hydrogens is 234 g/mol. The summed E-state index contributed by atoms with van der Waals surface area (Å²) < 4.78 is 5.15. The van der Waals surface area contributed by atoms with Gasteiger partial charge in [0.05, 0.1) is 18.1 Å². The second-order valence-electron chi connectivity index (χ2n) is 2.62. The lowest BCUT2D eigenvalue weighted by Crippen LogP contribution is -2.30. The van der Waals surface area contributed by atoms with Crippen molar-refractivity contribution >= 4 is 21.8 Å². The molecule has 0 radical (unpaired) electrons. The molecule has 0 unspecified atom stereocenters. The van der Waals surface area contributed by atoms with Crippen LogP contribution in [0.4, 0.5) is 0 Å². The standard InChI is InChI=1S/C9H12BrNO2/c1-2-11(9(12)6-10)7-8-4-3-5-13-8/h3-5H,2,6-7H2,1H3. The number of halogens is 1. The van der Waals surface area contributed by atoms with Crippen LogP contribution in [0.15, 0.2) is 22.8 Å². The summed E-state index contributed by atoms with van der Waals surface area (Å²) in [5.41, 5.74) is 0. The maximum Gasteiger partial charge on any atom is 0.233 e. The average molecular weight is 246 g/mol. The van der Waals surface area contributed by atoms with Gasteiger partial charge in [0.2, 0.25) is 5.91 Å². The summed E-state index contributed by atoms with van der Waals surface area (Å²) in [7, 11) is 0. The molecule has 0 saturated heterocycles. The van der Waals surface area contributed by atoms with Gasteiger partial charge in [0.15, 0.2) is 0 Å². The number of rotatable bonds is 4. The highest BCUT2D eigenvalue weighted by Gasteiger charge is 2.11. The topological polar surface area (TPSA) is 33.5 Å². The lowest BCUT2D eigenvalue weighted by Gasteiger charge is -2.17. The zero-order valence-corrected chi connectivity index (χ0v) is 9.08. The fourth-order valence-electron chi connectivity index (χ4n) is 1.05. The van der Waals surface area contributed by atoms with E-state index in [-0.39, 0.29) is 5.91 Å². The van der Waals surface area contributed by atoms with Crippen LogP contribution in [0, 0.1) is 0 Å². The number of furan rings is 1. The summed E-state index contributed by atoms with van der Waals surface area (Å²) in [5.74, 6) is 0.898. The predicted molar refractivity (Wildman–Crippen MR) is 53.6 cm³/mol. The third-order valence-electron chi connectivity index (χ3n) is 1.78. The minimum atomic E-state index is 0.0823. The third-order valence-corrected chi connectivity index (χ3v) is 2.26. The summed E-state index contributed by atoms with van der Waals surface area (Å²) >= 11 is 3.14. The van der Waals surface area contributed by atoms with Gasteiger partial charge >= 0.3 is 0 Å². The Kier molecular flexibility index (Phi) is 4.02. The van der Waals surface area contributed by atoms with E-state index in [9.17, 15) is 4.79 Å². The number of hydrogen-bond acceptors (Lipinski definition) is 2. The molecule has 0 aliphatic rings. The van der Waals surface area contributed by atoms with Crippen molar-refractivity contribution in [1.29, 1.82) is 0 Å². The van der Waals surface area contributed by atoms with Crippen LogP contribution >= 0.6 is 15.9 Å². The molecule has 0 bridgehead atoms. The van der Waals surface area contributed by atoms with Crippen LogP contribution in [0.1, 0.15) is 12.7 Å². The average Bonchev–Trinajstić information content (AvgIpc) is 2.65. The summed E-state index contributed by atoms with van der Waals surface area (Å²) in [6.45, 7) is 3.20. The molecule has 0 spiro atoms. The minimum absolute atomic E-state index is 0.0823. The van der Waals surface area contributed by atoms with Gasteiger partial charge in [-0.15, -0.1) is 0 Å². The van der Waals surface area contributed by atoms with Crippen LogP contribution in [0.2, 0.25) is 0 Å². The lowest BCUT2D eigenvalue weighted by atomic mass is 10.4. The normalized spacial score (nSPS) is 10.0. The first-order valence-corrected chi connectivity index (χ1v) is 5.26. The molecule has 1 aromatic rings. The van der Waals surface area contributed by atoms with Gasteiger partial charge in [0.1, 0.15) is 5.76 Å². The van der Waals surface area contributed by atoms with Gasteiger partial charge in [-0.1, -0.05) is 15.9 Å². The van der Waals surface area contributed by atoms with Crippen LogP contribution < -0.4 is 0 Å². The predicted octanol–water partition coefficient (Wildman–Crippen LogP) is 2.02. The zero-order valence-electron chi connectivity index (χ0n) is 7.50. The second kappa shape index (κ2) is 5.07. The number of carbonyl (C=O) groups is 1. The first-order valence-electron chi connectivity index (χ1n) is 4.14. The highest BCUT2D eigenvalue weighted by molar-refractivity contribution is 9.09. The van der Waals surface area contributed by atoms with Crippen molar-refractivity contribution in [2.75, 3.05) is 11.9 Å². The Morgan fingerprint density at radius 1 is 1.69 bits per heavy atom. The van der Waals surface area contributed by atoms with Crippen LogP contribution in [0.5, 0.6) is 0 Å². The zero-order chi connectivity index (χ0) is 9.68. The fraction of sp³-hybridized carbons (Fsp3) is 0.444. The molecule has 1 heterocycles. The minimum Gasteiger partial charge on any atom is -0.467 e. The van der Waals surface area contributed by atoms with E-state index in [4.69, 9.17) is 4.42 Å². The number of carbonyl (C=O) groups excluding carboxylic acids is 1. The molecule has 72 valence electrons. The van der Waals surface area contributed by atoms with Crippen LogP contribution in [-0.2, 0) is 11.3 Å². The highest BCUT2D eigenvalue weighted by atomic mass is 79.9. The molecule has 1 rings (SSSR count). The smallest absolute Gasteiger partial charge is 0.233 e. The van der Waals surface area contributed by atoms with Gasteiger partial charge in [0, 0.05) is 6.54 Å². The lowest BCUT2D eigenvalue weighted by molar-refractivity contribution is -0.128. The van der Waals surface area contributed by atoms with Crippen molar-refractivity contribution in [2.45, 2.75) is 13.5 Å². The molecule has 0 fully saturated rings. The summed E-state index contributed by atoms with van der Waals surface area (Å²) in [4.78, 5) is 13.0. The van der Waals surface area contributed by atoms with E-state index in [0.29, 0.717) is 18.4 Å². The summed E-state index contributed by atoms with van der Waals surface area (Å²) in [6.07, 6.45) is 1.61. The molecule has 0 saturated carbocycles. The largest absolute Gasteiger partial charge is 0.467 e. The number of alkyl halides is 1. The van der Waals surface area contributed by atoms with Crippen molar-refractivity contribution in [3.05, 3.63) is 24.2 Å². The van der Waals surface area contributed by atoms with Crippen molar-refractivity contribution in [3.63, 3.8) is 0 Å². The molecule has 0 aliphatic carbocycles. The SMILES string of the molecule is CCN(Cc1ccco1)C(=O)CBr. The van der Waals surface area contributed by atoms with Gasteiger partial charge in [-0.3, -0.25) is 4.79 Å². The molecule has 4 heteroatoms. The van der Waals surface area contributed by atoms with E-state index in [0.717, 1.165) is 5.76 Å². The number of nitrogens with zero attached hydrogens (tertiary/aromatic N) is 1. The molecule has 13 heavy (non-hydrogen) atoms. The number of amides is 1.